The highest BCUT2D eigenvalue weighted by atomic mass is 35.5. The first-order chi connectivity index (χ1) is 14.2. The molecule has 0 saturated carbocycles. The van der Waals surface area contributed by atoms with Crippen LogP contribution in [0.2, 0.25) is 0 Å². The fourth-order valence-corrected chi connectivity index (χ4v) is 3.02. The number of aromatic nitrogens is 2. The number of carbonyl (C=O) groups is 1. The van der Waals surface area contributed by atoms with Crippen molar-refractivity contribution < 1.29 is 9.53 Å². The molecule has 1 heterocycles. The van der Waals surface area contributed by atoms with Gasteiger partial charge in [0.2, 0.25) is 0 Å². The summed E-state index contributed by atoms with van der Waals surface area (Å²) in [5.41, 5.74) is 4.53. The standard InChI is InChI=1S/C23H28N4O2.ClH/c1-18-8-10-20(11-9-18)22-21(23(28)25-13-12-24-14-15-29-2)17-27(26-22)16-19-6-4-3-5-7-19;/h3-11,17,24H,12-16H2,1-2H3,(H,25,28);1H. The number of halogens is 1. The highest BCUT2D eigenvalue weighted by Crippen LogP contribution is 2.23. The van der Waals surface area contributed by atoms with Gasteiger partial charge in [-0.15, -0.1) is 12.4 Å². The number of hydrogen-bond acceptors (Lipinski definition) is 4. The molecule has 0 aliphatic carbocycles. The van der Waals surface area contributed by atoms with E-state index in [1.54, 1.807) is 7.11 Å². The molecule has 0 aliphatic rings. The quantitative estimate of drug-likeness (QED) is 0.486. The molecule has 0 spiro atoms. The molecule has 6 nitrogen and oxygen atoms in total. The highest BCUT2D eigenvalue weighted by Gasteiger charge is 2.18. The van der Waals surface area contributed by atoms with Gasteiger partial charge in [-0.25, -0.2) is 0 Å². The van der Waals surface area contributed by atoms with E-state index in [0.717, 1.165) is 17.7 Å². The number of carbonyl (C=O) groups excluding carboxylic acids is 1. The van der Waals surface area contributed by atoms with Crippen molar-refractivity contribution in [1.82, 2.24) is 20.4 Å². The van der Waals surface area contributed by atoms with Gasteiger partial charge in [0, 0.05) is 38.5 Å². The van der Waals surface area contributed by atoms with Crippen LogP contribution in [0.1, 0.15) is 21.5 Å². The molecule has 160 valence electrons. The van der Waals surface area contributed by atoms with Crippen molar-refractivity contribution in [2.24, 2.45) is 0 Å². The number of benzene rings is 2. The fraction of sp³-hybridized carbons (Fsp3) is 0.304. The van der Waals surface area contributed by atoms with Gasteiger partial charge in [0.25, 0.3) is 5.91 Å². The number of ether oxygens (including phenoxy) is 1. The van der Waals surface area contributed by atoms with Crippen LogP contribution < -0.4 is 10.6 Å². The normalized spacial score (nSPS) is 10.5. The smallest absolute Gasteiger partial charge is 0.255 e. The Bertz CT molecular complexity index is 911. The molecular weight excluding hydrogens is 400 g/mol. The number of methoxy groups -OCH3 is 1. The monoisotopic (exact) mass is 428 g/mol. The first kappa shape index (κ1) is 23.6. The Kier molecular flexibility index (Phi) is 9.54. The zero-order chi connectivity index (χ0) is 20.5. The molecule has 2 aromatic carbocycles. The van der Waals surface area contributed by atoms with Gasteiger partial charge in [-0.1, -0.05) is 60.2 Å². The average Bonchev–Trinajstić information content (AvgIpc) is 3.15. The number of nitrogens with zero attached hydrogens (tertiary/aromatic N) is 2. The number of hydrogen-bond donors (Lipinski definition) is 2. The van der Waals surface area contributed by atoms with Crippen LogP contribution in [0.5, 0.6) is 0 Å². The minimum absolute atomic E-state index is 0. The molecule has 3 rings (SSSR count). The van der Waals surface area contributed by atoms with Crippen LogP contribution in [0.25, 0.3) is 11.3 Å². The SMILES string of the molecule is COCCNCCNC(=O)c1cn(Cc2ccccc2)nc1-c1ccc(C)cc1.Cl. The Morgan fingerprint density at radius 1 is 1.03 bits per heavy atom. The molecule has 3 aromatic rings. The van der Waals surface area contributed by atoms with E-state index in [9.17, 15) is 4.79 Å². The van der Waals surface area contributed by atoms with Gasteiger partial charge in [-0.3, -0.25) is 9.48 Å². The zero-order valence-electron chi connectivity index (χ0n) is 17.4. The van der Waals surface area contributed by atoms with Crippen LogP contribution in [0.3, 0.4) is 0 Å². The second-order valence-corrected chi connectivity index (χ2v) is 6.94. The van der Waals surface area contributed by atoms with Crippen LogP contribution in [-0.2, 0) is 11.3 Å². The summed E-state index contributed by atoms with van der Waals surface area (Å²) in [5, 5.41) is 10.9. The maximum absolute atomic E-state index is 12.8. The van der Waals surface area contributed by atoms with Gasteiger partial charge in [0.15, 0.2) is 0 Å². The van der Waals surface area contributed by atoms with Crippen molar-refractivity contribution in [3.63, 3.8) is 0 Å². The molecule has 0 atom stereocenters. The molecule has 0 unspecified atom stereocenters. The van der Waals surface area contributed by atoms with Gasteiger partial charge in [-0.2, -0.15) is 5.10 Å². The van der Waals surface area contributed by atoms with Gasteiger partial charge in [0.1, 0.15) is 5.69 Å². The lowest BCUT2D eigenvalue weighted by Gasteiger charge is -2.07. The van der Waals surface area contributed by atoms with E-state index in [1.807, 2.05) is 60.3 Å². The van der Waals surface area contributed by atoms with Crippen molar-refractivity contribution in [3.05, 3.63) is 77.5 Å². The summed E-state index contributed by atoms with van der Waals surface area (Å²) in [6.45, 7) is 5.30. The van der Waals surface area contributed by atoms with Gasteiger partial charge in [-0.05, 0) is 12.5 Å². The topological polar surface area (TPSA) is 68.2 Å². The van der Waals surface area contributed by atoms with Crippen LogP contribution in [0.4, 0.5) is 0 Å². The minimum atomic E-state index is -0.117. The first-order valence-corrected chi connectivity index (χ1v) is 9.83. The van der Waals surface area contributed by atoms with Crippen LogP contribution in [-0.4, -0.2) is 49.0 Å². The Morgan fingerprint density at radius 3 is 2.47 bits per heavy atom. The van der Waals surface area contributed by atoms with E-state index in [1.165, 1.54) is 5.56 Å². The van der Waals surface area contributed by atoms with Crippen molar-refractivity contribution in [2.75, 3.05) is 33.4 Å². The largest absolute Gasteiger partial charge is 0.383 e. The lowest BCUT2D eigenvalue weighted by Crippen LogP contribution is -2.33. The van der Waals surface area contributed by atoms with E-state index in [4.69, 9.17) is 9.84 Å². The summed E-state index contributed by atoms with van der Waals surface area (Å²) in [5.74, 6) is -0.117. The van der Waals surface area contributed by atoms with E-state index in [2.05, 4.69) is 22.8 Å². The van der Waals surface area contributed by atoms with E-state index in [0.29, 0.717) is 37.5 Å². The summed E-state index contributed by atoms with van der Waals surface area (Å²) >= 11 is 0. The van der Waals surface area contributed by atoms with Crippen LogP contribution >= 0.6 is 12.4 Å². The number of aryl methyl sites for hydroxylation is 1. The summed E-state index contributed by atoms with van der Waals surface area (Å²) in [4.78, 5) is 12.8. The van der Waals surface area contributed by atoms with E-state index in [-0.39, 0.29) is 18.3 Å². The Hall–Kier alpha value is -2.67. The second kappa shape index (κ2) is 12.1. The second-order valence-electron chi connectivity index (χ2n) is 6.94. The zero-order valence-corrected chi connectivity index (χ0v) is 18.2. The maximum Gasteiger partial charge on any atom is 0.255 e. The van der Waals surface area contributed by atoms with Crippen LogP contribution in [0.15, 0.2) is 60.8 Å². The Labute approximate surface area is 184 Å². The predicted molar refractivity (Wildman–Crippen MR) is 122 cm³/mol. The molecule has 0 fully saturated rings. The summed E-state index contributed by atoms with van der Waals surface area (Å²) in [6.07, 6.45) is 1.83. The molecule has 7 heteroatoms. The van der Waals surface area contributed by atoms with Crippen molar-refractivity contribution in [3.8, 4) is 11.3 Å². The van der Waals surface area contributed by atoms with Crippen molar-refractivity contribution in [1.29, 1.82) is 0 Å². The molecule has 0 aliphatic heterocycles. The third-order valence-electron chi connectivity index (χ3n) is 4.59. The molecule has 2 N–H and O–H groups in total. The van der Waals surface area contributed by atoms with Gasteiger partial charge >= 0.3 is 0 Å². The van der Waals surface area contributed by atoms with Gasteiger partial charge < -0.3 is 15.4 Å². The minimum Gasteiger partial charge on any atom is -0.383 e. The Morgan fingerprint density at radius 2 is 1.77 bits per heavy atom. The maximum atomic E-state index is 12.8. The highest BCUT2D eigenvalue weighted by molar-refractivity contribution is 5.99. The molecule has 1 amide bonds. The number of rotatable bonds is 10. The van der Waals surface area contributed by atoms with E-state index >= 15 is 0 Å². The average molecular weight is 429 g/mol. The molecular formula is C23H29ClN4O2. The number of nitrogens with one attached hydrogen (secondary N) is 2. The van der Waals surface area contributed by atoms with Gasteiger partial charge in [0.05, 0.1) is 18.7 Å². The summed E-state index contributed by atoms with van der Waals surface area (Å²) in [6, 6.07) is 18.2. The van der Waals surface area contributed by atoms with E-state index < -0.39 is 0 Å². The molecule has 0 radical (unpaired) electrons. The van der Waals surface area contributed by atoms with Crippen molar-refractivity contribution in [2.45, 2.75) is 13.5 Å². The Balaban J connectivity index is 0.00000320. The molecule has 1 aromatic heterocycles. The molecule has 30 heavy (non-hydrogen) atoms. The molecule has 0 saturated heterocycles. The first-order valence-electron chi connectivity index (χ1n) is 9.83. The summed E-state index contributed by atoms with van der Waals surface area (Å²) in [7, 11) is 1.67. The summed E-state index contributed by atoms with van der Waals surface area (Å²) < 4.78 is 6.83. The third-order valence-corrected chi connectivity index (χ3v) is 4.59. The lowest BCUT2D eigenvalue weighted by molar-refractivity contribution is 0.0954. The van der Waals surface area contributed by atoms with Crippen molar-refractivity contribution >= 4 is 18.3 Å². The number of amides is 1. The fourth-order valence-electron chi connectivity index (χ4n) is 3.02. The predicted octanol–water partition coefficient (Wildman–Crippen LogP) is 3.29. The van der Waals surface area contributed by atoms with Crippen LogP contribution in [0, 0.1) is 6.92 Å². The third kappa shape index (κ3) is 6.69. The molecule has 0 bridgehead atoms. The lowest BCUT2D eigenvalue weighted by atomic mass is 10.1.